The summed E-state index contributed by atoms with van der Waals surface area (Å²) in [6.07, 6.45) is -8.36. The van der Waals surface area contributed by atoms with Crippen molar-refractivity contribution in [3.05, 3.63) is 17.3 Å². The minimum absolute atomic E-state index is 0.0776. The Morgan fingerprint density at radius 2 is 1.94 bits per heavy atom. The number of hydrogen-bond donors (Lipinski definition) is 2. The minimum atomic E-state index is -5.13. The largest absolute Gasteiger partial charge is 0.574 e. The molecule has 4 nitrogen and oxygen atoms in total. The lowest BCUT2D eigenvalue weighted by Gasteiger charge is -2.14. The molecule has 1 heterocycles. The number of aromatic nitrogens is 1. The van der Waals surface area contributed by atoms with E-state index in [-0.39, 0.29) is 12.2 Å². The Morgan fingerprint density at radius 3 is 2.35 bits per heavy atom. The topological polar surface area (TPSA) is 74.2 Å². The van der Waals surface area contributed by atoms with E-state index in [0.717, 1.165) is 6.07 Å². The number of rotatable bonds is 3. The summed E-state index contributed by atoms with van der Waals surface area (Å²) >= 11 is 0. The molecule has 4 N–H and O–H groups in total. The standard InChI is InChI=1S/C8H8F5N3O/c9-6(10)5-4(15)1-3(2-14)16-7(5)17-8(11,12)13/h1,6H,2,14H2,(H2,15,16). The maximum absolute atomic E-state index is 12.5. The second-order valence-electron chi connectivity index (χ2n) is 2.97. The highest BCUT2D eigenvalue weighted by Crippen LogP contribution is 2.35. The molecule has 1 rings (SSSR count). The molecule has 0 saturated heterocycles. The Bertz CT molecular complexity index is 407. The number of hydrogen-bond acceptors (Lipinski definition) is 4. The fourth-order valence-corrected chi connectivity index (χ4v) is 1.11. The Morgan fingerprint density at radius 1 is 1.35 bits per heavy atom. The van der Waals surface area contributed by atoms with Gasteiger partial charge in [-0.05, 0) is 6.07 Å². The van der Waals surface area contributed by atoms with Crippen LogP contribution in [0.4, 0.5) is 27.6 Å². The summed E-state index contributed by atoms with van der Waals surface area (Å²) in [6, 6.07) is 0.977. The van der Waals surface area contributed by atoms with Crippen LogP contribution in [0.15, 0.2) is 6.07 Å². The van der Waals surface area contributed by atoms with E-state index >= 15 is 0 Å². The molecular formula is C8H8F5N3O. The van der Waals surface area contributed by atoms with Gasteiger partial charge in [0.1, 0.15) is 5.56 Å². The van der Waals surface area contributed by atoms with Crippen LogP contribution in [-0.2, 0) is 6.54 Å². The predicted molar refractivity (Wildman–Crippen MR) is 48.2 cm³/mol. The number of nitrogens with zero attached hydrogens (tertiary/aromatic N) is 1. The average Bonchev–Trinajstić information content (AvgIpc) is 2.13. The number of pyridine rings is 1. The molecule has 0 bridgehead atoms. The number of alkyl halides is 5. The summed E-state index contributed by atoms with van der Waals surface area (Å²) in [5.74, 6) is -1.27. The van der Waals surface area contributed by atoms with Crippen molar-refractivity contribution in [2.24, 2.45) is 5.73 Å². The number of halogens is 5. The molecule has 0 aliphatic carbocycles. The summed E-state index contributed by atoms with van der Waals surface area (Å²) in [6.45, 7) is -0.248. The van der Waals surface area contributed by atoms with Crippen LogP contribution in [0, 0.1) is 0 Å². The van der Waals surface area contributed by atoms with Gasteiger partial charge in [0.2, 0.25) is 5.88 Å². The zero-order chi connectivity index (χ0) is 13.2. The molecule has 0 spiro atoms. The molecule has 96 valence electrons. The highest BCUT2D eigenvalue weighted by Gasteiger charge is 2.35. The van der Waals surface area contributed by atoms with Gasteiger partial charge in [0, 0.05) is 12.2 Å². The van der Waals surface area contributed by atoms with E-state index in [1.165, 1.54) is 0 Å². The molecule has 17 heavy (non-hydrogen) atoms. The molecule has 0 aromatic carbocycles. The van der Waals surface area contributed by atoms with Gasteiger partial charge in [0.05, 0.1) is 5.69 Å². The molecule has 9 heteroatoms. The lowest BCUT2D eigenvalue weighted by molar-refractivity contribution is -0.276. The fourth-order valence-electron chi connectivity index (χ4n) is 1.11. The van der Waals surface area contributed by atoms with Crippen molar-refractivity contribution in [3.63, 3.8) is 0 Å². The van der Waals surface area contributed by atoms with E-state index < -0.39 is 29.9 Å². The van der Waals surface area contributed by atoms with Crippen molar-refractivity contribution >= 4 is 5.69 Å². The van der Waals surface area contributed by atoms with Crippen LogP contribution in [0.3, 0.4) is 0 Å². The number of nitrogen functional groups attached to an aromatic ring is 1. The Hall–Kier alpha value is -1.64. The van der Waals surface area contributed by atoms with Gasteiger partial charge in [-0.3, -0.25) is 0 Å². The summed E-state index contributed by atoms with van der Waals surface area (Å²) in [4.78, 5) is 3.23. The SMILES string of the molecule is NCc1cc(N)c(C(F)F)c(OC(F)(F)F)n1. The van der Waals surface area contributed by atoms with Gasteiger partial charge < -0.3 is 16.2 Å². The first-order valence-corrected chi connectivity index (χ1v) is 4.28. The first-order chi connectivity index (χ1) is 7.74. The normalized spacial score (nSPS) is 11.9. The van der Waals surface area contributed by atoms with E-state index in [1.807, 2.05) is 0 Å². The lowest BCUT2D eigenvalue weighted by Crippen LogP contribution is -2.20. The van der Waals surface area contributed by atoms with Crippen LogP contribution >= 0.6 is 0 Å². The second kappa shape index (κ2) is 4.70. The molecule has 0 aliphatic heterocycles. The molecule has 0 aliphatic rings. The maximum Gasteiger partial charge on any atom is 0.574 e. The van der Waals surface area contributed by atoms with Crippen LogP contribution in [0.1, 0.15) is 17.7 Å². The van der Waals surface area contributed by atoms with Crippen LogP contribution < -0.4 is 16.2 Å². The highest BCUT2D eigenvalue weighted by molar-refractivity contribution is 5.53. The maximum atomic E-state index is 12.5. The van der Waals surface area contributed by atoms with Gasteiger partial charge in [0.15, 0.2) is 0 Å². The molecule has 0 radical (unpaired) electrons. The zero-order valence-corrected chi connectivity index (χ0v) is 8.26. The predicted octanol–water partition coefficient (Wildman–Crippen LogP) is 1.96. The third-order valence-corrected chi connectivity index (χ3v) is 1.75. The number of anilines is 1. The van der Waals surface area contributed by atoms with Crippen LogP contribution in [0.25, 0.3) is 0 Å². The highest BCUT2D eigenvalue weighted by atomic mass is 19.4. The third-order valence-electron chi connectivity index (χ3n) is 1.75. The smallest absolute Gasteiger partial charge is 0.398 e. The Kier molecular flexibility index (Phi) is 3.71. The quantitative estimate of drug-likeness (QED) is 0.812. The minimum Gasteiger partial charge on any atom is -0.398 e. The van der Waals surface area contributed by atoms with Gasteiger partial charge in [-0.2, -0.15) is 0 Å². The van der Waals surface area contributed by atoms with E-state index in [1.54, 1.807) is 0 Å². The summed E-state index contributed by atoms with van der Waals surface area (Å²) in [5, 5.41) is 0. The number of ether oxygens (including phenoxy) is 1. The first kappa shape index (κ1) is 13.4. The zero-order valence-electron chi connectivity index (χ0n) is 8.26. The molecule has 0 fully saturated rings. The molecule has 1 aromatic heterocycles. The van der Waals surface area contributed by atoms with Gasteiger partial charge in [0.25, 0.3) is 6.43 Å². The average molecular weight is 257 g/mol. The van der Waals surface area contributed by atoms with E-state index in [9.17, 15) is 22.0 Å². The van der Waals surface area contributed by atoms with Gasteiger partial charge >= 0.3 is 6.36 Å². The van der Waals surface area contributed by atoms with Gasteiger partial charge in [-0.25, -0.2) is 13.8 Å². The van der Waals surface area contributed by atoms with Crippen LogP contribution in [0.5, 0.6) is 5.88 Å². The van der Waals surface area contributed by atoms with Crippen molar-refractivity contribution in [1.82, 2.24) is 4.98 Å². The van der Waals surface area contributed by atoms with E-state index in [4.69, 9.17) is 11.5 Å². The monoisotopic (exact) mass is 257 g/mol. The van der Waals surface area contributed by atoms with Crippen molar-refractivity contribution in [2.45, 2.75) is 19.3 Å². The van der Waals surface area contributed by atoms with Gasteiger partial charge in [-0.15, -0.1) is 13.2 Å². The molecule has 0 saturated carbocycles. The third kappa shape index (κ3) is 3.41. The second-order valence-corrected chi connectivity index (χ2v) is 2.97. The lowest BCUT2D eigenvalue weighted by atomic mass is 10.2. The van der Waals surface area contributed by atoms with E-state index in [2.05, 4.69) is 9.72 Å². The molecule has 0 atom stereocenters. The van der Waals surface area contributed by atoms with Gasteiger partial charge in [-0.1, -0.05) is 0 Å². The van der Waals surface area contributed by atoms with Crippen LogP contribution in [0.2, 0.25) is 0 Å². The Labute approximate surface area is 92.4 Å². The molecule has 0 amide bonds. The fraction of sp³-hybridized carbons (Fsp3) is 0.375. The van der Waals surface area contributed by atoms with Crippen molar-refractivity contribution in [3.8, 4) is 5.88 Å². The summed E-state index contributed by atoms with van der Waals surface area (Å²) in [7, 11) is 0. The van der Waals surface area contributed by atoms with Crippen molar-refractivity contribution in [2.75, 3.05) is 5.73 Å². The van der Waals surface area contributed by atoms with Crippen molar-refractivity contribution in [1.29, 1.82) is 0 Å². The molecular weight excluding hydrogens is 249 g/mol. The van der Waals surface area contributed by atoms with E-state index in [0.29, 0.717) is 0 Å². The summed E-state index contributed by atoms with van der Waals surface area (Å²) in [5.41, 5.74) is 8.61. The number of nitrogens with two attached hydrogens (primary N) is 2. The first-order valence-electron chi connectivity index (χ1n) is 4.28. The van der Waals surface area contributed by atoms with Crippen LogP contribution in [-0.4, -0.2) is 11.3 Å². The van der Waals surface area contributed by atoms with Crippen molar-refractivity contribution < 1.29 is 26.7 Å². The molecule has 1 aromatic rings. The molecule has 0 unspecified atom stereocenters. The Balaban J connectivity index is 3.27. The summed E-state index contributed by atoms with van der Waals surface area (Å²) < 4.78 is 64.3.